The van der Waals surface area contributed by atoms with Gasteiger partial charge in [-0.15, -0.1) is 8.58 Å². The van der Waals surface area contributed by atoms with Crippen LogP contribution in [0, 0.1) is 25.9 Å². The van der Waals surface area contributed by atoms with Gasteiger partial charge in [-0.2, -0.15) is 12.8 Å². The van der Waals surface area contributed by atoms with Gasteiger partial charge >= 0.3 is 21.7 Å². The van der Waals surface area contributed by atoms with E-state index in [4.69, 9.17) is 0 Å². The van der Waals surface area contributed by atoms with E-state index >= 15 is 0 Å². The van der Waals surface area contributed by atoms with Gasteiger partial charge in [-0.1, -0.05) is 91.1 Å². The molecule has 0 aromatic heterocycles. The Morgan fingerprint density at radius 3 is 1.88 bits per heavy atom. The summed E-state index contributed by atoms with van der Waals surface area (Å²) >= 11 is 0. The zero-order valence-electron chi connectivity index (χ0n) is 18.6. The van der Waals surface area contributed by atoms with Crippen LogP contribution < -0.4 is 0 Å². The van der Waals surface area contributed by atoms with Gasteiger partial charge in [0.2, 0.25) is 0 Å². The molecule has 0 saturated heterocycles. The smallest absolute Gasteiger partial charge is 0.358 e. The molecule has 1 aliphatic rings. The summed E-state index contributed by atoms with van der Waals surface area (Å²) in [6.07, 6.45) is 13.1. The largest absolute Gasteiger partial charge is 3.00 e. The van der Waals surface area contributed by atoms with Gasteiger partial charge in [-0.3, -0.25) is 14.2 Å². The third-order valence-corrected chi connectivity index (χ3v) is 7.86. The van der Waals surface area contributed by atoms with E-state index in [0.717, 1.165) is 25.6 Å². The zero-order chi connectivity index (χ0) is 16.6. The Morgan fingerprint density at radius 1 is 0.960 bits per heavy atom. The fourth-order valence-electron chi connectivity index (χ4n) is 4.21. The van der Waals surface area contributed by atoms with Crippen LogP contribution >= 0.6 is 17.2 Å². The van der Waals surface area contributed by atoms with Crippen molar-refractivity contribution in [2.75, 3.05) is 0 Å². The van der Waals surface area contributed by atoms with Crippen molar-refractivity contribution in [1.29, 1.82) is 0 Å². The van der Waals surface area contributed by atoms with Crippen molar-refractivity contribution in [3.05, 3.63) is 20.5 Å². The molecule has 0 aromatic carbocycles. The van der Waals surface area contributed by atoms with E-state index in [-0.39, 0.29) is 36.6 Å². The van der Waals surface area contributed by atoms with E-state index in [0.29, 0.717) is 5.41 Å². The fraction of sp³-hybridized carbons (Fsp3) is 0.864. The Bertz CT molecular complexity index is 264. The zero-order valence-corrected chi connectivity index (χ0v) is 22.2. The predicted octanol–water partition coefficient (Wildman–Crippen LogP) is 8.51. The van der Waals surface area contributed by atoms with Crippen LogP contribution in [0.4, 0.5) is 0 Å². The van der Waals surface area contributed by atoms with Crippen LogP contribution in [0.5, 0.6) is 0 Å². The van der Waals surface area contributed by atoms with E-state index in [1.807, 2.05) is 5.66 Å². The molecule has 1 rings (SSSR count). The standard InChI is InChI=1S/C20H41P2.2CH3.Ti/c1-7-9-11-20(12-10-8-2)14-18(21-16(3)4)13-19(15-20)22-17(5)6;;;/h16-18,21-22H,7-15H2,1-6H3;2*1H3;/q3*-1;+3. The molecule has 1 fully saturated rings. The summed E-state index contributed by atoms with van der Waals surface area (Å²) in [4.78, 5) is 0. The minimum absolute atomic E-state index is 0. The molecule has 0 spiro atoms. The normalized spacial score (nSPS) is 20.9. The van der Waals surface area contributed by atoms with Crippen molar-refractivity contribution in [3.8, 4) is 0 Å². The molecule has 149 valence electrons. The molecule has 0 nitrogen and oxygen atoms in total. The first-order chi connectivity index (χ1) is 10.4. The summed E-state index contributed by atoms with van der Waals surface area (Å²) in [6, 6.07) is 0. The second kappa shape index (κ2) is 16.5. The van der Waals surface area contributed by atoms with E-state index in [1.165, 1.54) is 66.4 Å². The van der Waals surface area contributed by atoms with Crippen LogP contribution in [-0.4, -0.2) is 17.0 Å². The van der Waals surface area contributed by atoms with Crippen molar-refractivity contribution in [1.82, 2.24) is 0 Å². The summed E-state index contributed by atoms with van der Waals surface area (Å²) in [5.41, 5.74) is 5.39. The van der Waals surface area contributed by atoms with Gasteiger partial charge in [0.1, 0.15) is 0 Å². The van der Waals surface area contributed by atoms with Gasteiger partial charge in [0.25, 0.3) is 0 Å². The third kappa shape index (κ3) is 12.6. The predicted molar refractivity (Wildman–Crippen MR) is 122 cm³/mol. The second-order valence-electron chi connectivity index (χ2n) is 8.21. The molecule has 1 radical (unpaired) electrons. The second-order valence-corrected chi connectivity index (χ2v) is 12.7. The minimum Gasteiger partial charge on any atom is -0.358 e. The van der Waals surface area contributed by atoms with E-state index < -0.39 is 0 Å². The fourth-order valence-corrected chi connectivity index (χ4v) is 7.93. The van der Waals surface area contributed by atoms with Gasteiger partial charge in [-0.25, -0.2) is 0 Å². The van der Waals surface area contributed by atoms with Gasteiger partial charge < -0.3 is 14.9 Å². The molecule has 3 heteroatoms. The number of unbranched alkanes of at least 4 members (excludes halogenated alkanes) is 2. The summed E-state index contributed by atoms with van der Waals surface area (Å²) in [6.45, 7) is 14.4. The summed E-state index contributed by atoms with van der Waals surface area (Å²) in [5, 5.41) is 0. The molecule has 0 aliphatic heterocycles. The molecule has 0 bridgehead atoms. The SMILES string of the molecule is CCCCC1(CCCC)C[C-](PC(C)C)CC(PC(C)C)C1.[CH3-].[CH3-].[Ti+3]. The number of hydrogen-bond donors (Lipinski definition) is 0. The molecule has 0 heterocycles. The minimum atomic E-state index is 0. The van der Waals surface area contributed by atoms with Gasteiger partial charge in [0, 0.05) is 0 Å². The van der Waals surface area contributed by atoms with Crippen molar-refractivity contribution in [3.63, 3.8) is 0 Å². The maximum Gasteiger partial charge on any atom is 3.00 e. The molecule has 25 heavy (non-hydrogen) atoms. The Hall–Kier alpha value is 1.57. The van der Waals surface area contributed by atoms with Gasteiger partial charge in [0.15, 0.2) is 0 Å². The number of hydrogen-bond acceptors (Lipinski definition) is 0. The molecule has 0 N–H and O–H groups in total. The molecule has 1 saturated carbocycles. The molecule has 3 unspecified atom stereocenters. The molecular formula is C22H47P2Ti. The number of rotatable bonds is 10. The van der Waals surface area contributed by atoms with Crippen molar-refractivity contribution >= 4 is 17.2 Å². The van der Waals surface area contributed by atoms with Crippen LogP contribution in [0.15, 0.2) is 0 Å². The van der Waals surface area contributed by atoms with Crippen LogP contribution in [0.2, 0.25) is 0 Å². The molecule has 0 aromatic rings. The maximum absolute atomic E-state index is 2.43. The monoisotopic (exact) mass is 421 g/mol. The van der Waals surface area contributed by atoms with Crippen LogP contribution in [0.3, 0.4) is 0 Å². The first-order valence-corrected chi connectivity index (χ1v) is 12.0. The van der Waals surface area contributed by atoms with Gasteiger partial charge in [0.05, 0.1) is 0 Å². The van der Waals surface area contributed by atoms with Crippen molar-refractivity contribution < 1.29 is 21.7 Å². The molecular weight excluding hydrogens is 374 g/mol. The van der Waals surface area contributed by atoms with E-state index in [9.17, 15) is 0 Å². The van der Waals surface area contributed by atoms with Crippen LogP contribution in [0.1, 0.15) is 99.3 Å². The summed E-state index contributed by atoms with van der Waals surface area (Å²) in [7, 11) is 2.30. The Labute approximate surface area is 180 Å². The first-order valence-electron chi connectivity index (χ1n) is 9.78. The van der Waals surface area contributed by atoms with Crippen molar-refractivity contribution in [2.45, 2.75) is 116 Å². The average Bonchev–Trinajstić information content (AvgIpc) is 2.41. The van der Waals surface area contributed by atoms with E-state index in [1.54, 1.807) is 0 Å². The Balaban J connectivity index is -0.00000161. The molecule has 0 amide bonds. The van der Waals surface area contributed by atoms with Crippen molar-refractivity contribution in [2.24, 2.45) is 5.41 Å². The first kappa shape index (κ1) is 31.3. The average molecular weight is 421 g/mol. The molecule has 1 aliphatic carbocycles. The quantitative estimate of drug-likeness (QED) is 0.188. The van der Waals surface area contributed by atoms with Crippen LogP contribution in [0.25, 0.3) is 0 Å². The third-order valence-electron chi connectivity index (χ3n) is 4.94. The van der Waals surface area contributed by atoms with E-state index in [2.05, 4.69) is 41.5 Å². The van der Waals surface area contributed by atoms with Crippen LogP contribution in [-0.2, 0) is 21.7 Å². The summed E-state index contributed by atoms with van der Waals surface area (Å²) < 4.78 is 0. The Kier molecular flexibility index (Phi) is 20.7. The van der Waals surface area contributed by atoms with Gasteiger partial charge in [-0.05, 0) is 17.7 Å². The summed E-state index contributed by atoms with van der Waals surface area (Å²) in [5.74, 6) is 0. The Morgan fingerprint density at radius 2 is 1.48 bits per heavy atom. The molecule has 3 atom stereocenters. The topological polar surface area (TPSA) is 0 Å². The maximum atomic E-state index is 2.43.